The minimum Gasteiger partial charge on any atom is -0.370 e. The molecule has 0 aromatic heterocycles. The summed E-state index contributed by atoms with van der Waals surface area (Å²) < 4.78 is 13.5. The smallest absolute Gasteiger partial charge is 0.274 e. The van der Waals surface area contributed by atoms with Gasteiger partial charge in [0.05, 0.1) is 11.0 Å². The maximum Gasteiger partial charge on any atom is 0.274 e. The molecule has 1 saturated heterocycles. The van der Waals surface area contributed by atoms with Gasteiger partial charge in [-0.15, -0.1) is 0 Å². The van der Waals surface area contributed by atoms with E-state index in [-0.39, 0.29) is 5.69 Å². The molecule has 1 N–H and O–H groups in total. The van der Waals surface area contributed by atoms with E-state index in [0.29, 0.717) is 18.3 Å². The summed E-state index contributed by atoms with van der Waals surface area (Å²) in [6.07, 6.45) is 3.47. The second kappa shape index (κ2) is 6.65. The highest BCUT2D eigenvalue weighted by atomic mass is 19.1. The molecule has 0 bridgehead atoms. The summed E-state index contributed by atoms with van der Waals surface area (Å²) in [6, 6.07) is 4.12. The molecule has 6 heteroatoms. The molecule has 1 fully saturated rings. The number of benzene rings is 1. The van der Waals surface area contributed by atoms with E-state index in [1.165, 1.54) is 25.0 Å². The Hall–Kier alpha value is -1.69. The van der Waals surface area contributed by atoms with E-state index in [9.17, 15) is 14.5 Å². The van der Waals surface area contributed by atoms with E-state index < -0.39 is 10.7 Å². The first kappa shape index (κ1) is 14.7. The fourth-order valence-corrected chi connectivity index (χ4v) is 2.61. The minimum atomic E-state index is -0.566. The number of hydrogen-bond acceptors (Lipinski definition) is 4. The predicted molar refractivity (Wildman–Crippen MR) is 76.6 cm³/mol. The number of piperidine rings is 1. The number of rotatable bonds is 5. The molecule has 1 aromatic carbocycles. The molecule has 0 spiro atoms. The summed E-state index contributed by atoms with van der Waals surface area (Å²) in [5.74, 6) is -0.566. The van der Waals surface area contributed by atoms with Crippen LogP contribution in [-0.2, 0) is 0 Å². The number of likely N-dealkylation sites (N-methyl/N-ethyl adjacent to an activating group) is 1. The van der Waals surface area contributed by atoms with Gasteiger partial charge in [-0.3, -0.25) is 10.1 Å². The molecule has 2 rings (SSSR count). The van der Waals surface area contributed by atoms with Gasteiger partial charge in [0.25, 0.3) is 5.69 Å². The molecule has 0 aliphatic carbocycles. The number of nitrogens with one attached hydrogen (secondary N) is 1. The van der Waals surface area contributed by atoms with E-state index in [4.69, 9.17) is 0 Å². The number of nitrogens with zero attached hydrogens (tertiary/aromatic N) is 2. The molecule has 1 heterocycles. The fourth-order valence-electron chi connectivity index (χ4n) is 2.61. The van der Waals surface area contributed by atoms with Gasteiger partial charge >= 0.3 is 0 Å². The standard InChI is InChI=1S/C14H20FN3O2/c1-2-17(10-12-5-3-4-6-16-12)13-7-11(15)8-14(9-13)18(19)20/h7-9,12,16H,2-6,10H2,1H3. The molecular formula is C14H20FN3O2. The fraction of sp³-hybridized carbons (Fsp3) is 0.571. The Bertz CT molecular complexity index is 475. The van der Waals surface area contributed by atoms with Crippen molar-refractivity contribution >= 4 is 11.4 Å². The van der Waals surface area contributed by atoms with E-state index in [0.717, 1.165) is 25.6 Å². The topological polar surface area (TPSA) is 58.4 Å². The van der Waals surface area contributed by atoms with Gasteiger partial charge in [-0.1, -0.05) is 6.42 Å². The molecule has 0 amide bonds. The Balaban J connectivity index is 2.15. The van der Waals surface area contributed by atoms with E-state index in [1.807, 2.05) is 11.8 Å². The predicted octanol–water partition coefficient (Wildman–Crippen LogP) is 2.70. The van der Waals surface area contributed by atoms with Crippen molar-refractivity contribution in [3.8, 4) is 0 Å². The van der Waals surface area contributed by atoms with Gasteiger partial charge in [0.15, 0.2) is 0 Å². The van der Waals surface area contributed by atoms with Crippen molar-refractivity contribution in [3.05, 3.63) is 34.1 Å². The third kappa shape index (κ3) is 3.66. The highest BCUT2D eigenvalue weighted by Crippen LogP contribution is 2.24. The Labute approximate surface area is 117 Å². The number of non-ortho nitro benzene ring substituents is 1. The molecule has 1 aromatic rings. The van der Waals surface area contributed by atoms with Crippen LogP contribution in [0.4, 0.5) is 15.8 Å². The molecule has 1 aliphatic rings. The number of hydrogen-bond donors (Lipinski definition) is 1. The first-order chi connectivity index (χ1) is 9.60. The summed E-state index contributed by atoms with van der Waals surface area (Å²) in [6.45, 7) is 4.42. The summed E-state index contributed by atoms with van der Waals surface area (Å²) in [4.78, 5) is 12.2. The van der Waals surface area contributed by atoms with Crippen LogP contribution in [0.1, 0.15) is 26.2 Å². The van der Waals surface area contributed by atoms with Crippen LogP contribution in [0.25, 0.3) is 0 Å². The second-order valence-corrected chi connectivity index (χ2v) is 5.11. The summed E-state index contributed by atoms with van der Waals surface area (Å²) in [7, 11) is 0. The number of anilines is 1. The lowest BCUT2D eigenvalue weighted by atomic mass is 10.0. The van der Waals surface area contributed by atoms with Crippen molar-refractivity contribution in [1.29, 1.82) is 0 Å². The zero-order valence-corrected chi connectivity index (χ0v) is 11.6. The molecular weight excluding hydrogens is 261 g/mol. The number of halogens is 1. The monoisotopic (exact) mass is 281 g/mol. The van der Waals surface area contributed by atoms with Gasteiger partial charge in [0.2, 0.25) is 0 Å². The van der Waals surface area contributed by atoms with Crippen LogP contribution >= 0.6 is 0 Å². The molecule has 1 atom stereocenters. The number of nitro groups is 1. The zero-order valence-electron chi connectivity index (χ0n) is 11.6. The van der Waals surface area contributed by atoms with Crippen LogP contribution in [0.3, 0.4) is 0 Å². The summed E-state index contributed by atoms with van der Waals surface area (Å²) in [5.41, 5.74) is 0.377. The van der Waals surface area contributed by atoms with Gasteiger partial charge in [0.1, 0.15) is 5.82 Å². The van der Waals surface area contributed by atoms with Gasteiger partial charge < -0.3 is 10.2 Å². The average molecular weight is 281 g/mol. The number of nitro benzene ring substituents is 1. The van der Waals surface area contributed by atoms with Crippen molar-refractivity contribution in [2.75, 3.05) is 24.5 Å². The van der Waals surface area contributed by atoms with Gasteiger partial charge in [-0.25, -0.2) is 4.39 Å². The van der Waals surface area contributed by atoms with Crippen molar-refractivity contribution in [1.82, 2.24) is 5.32 Å². The molecule has 0 saturated carbocycles. The van der Waals surface area contributed by atoms with E-state index >= 15 is 0 Å². The third-order valence-corrected chi connectivity index (χ3v) is 3.68. The summed E-state index contributed by atoms with van der Waals surface area (Å²) in [5, 5.41) is 14.3. The van der Waals surface area contributed by atoms with Crippen LogP contribution in [-0.4, -0.2) is 30.6 Å². The first-order valence-corrected chi connectivity index (χ1v) is 7.03. The Kier molecular flexibility index (Phi) is 4.89. The van der Waals surface area contributed by atoms with Gasteiger partial charge in [-0.05, 0) is 32.4 Å². The van der Waals surface area contributed by atoms with Gasteiger partial charge in [0, 0.05) is 30.9 Å². The Morgan fingerprint density at radius 1 is 1.45 bits per heavy atom. The largest absolute Gasteiger partial charge is 0.370 e. The Morgan fingerprint density at radius 3 is 2.85 bits per heavy atom. The highest BCUT2D eigenvalue weighted by molar-refractivity contribution is 5.53. The second-order valence-electron chi connectivity index (χ2n) is 5.11. The van der Waals surface area contributed by atoms with Crippen LogP contribution < -0.4 is 10.2 Å². The highest BCUT2D eigenvalue weighted by Gasteiger charge is 2.18. The van der Waals surface area contributed by atoms with Crippen molar-refractivity contribution < 1.29 is 9.31 Å². The zero-order chi connectivity index (χ0) is 14.5. The SMILES string of the molecule is CCN(CC1CCCCN1)c1cc(F)cc([N+](=O)[O-])c1. The lowest BCUT2D eigenvalue weighted by molar-refractivity contribution is -0.385. The quantitative estimate of drug-likeness (QED) is 0.666. The minimum absolute atomic E-state index is 0.199. The third-order valence-electron chi connectivity index (χ3n) is 3.68. The van der Waals surface area contributed by atoms with Crippen molar-refractivity contribution in [2.24, 2.45) is 0 Å². The lowest BCUT2D eigenvalue weighted by Gasteiger charge is -2.31. The Morgan fingerprint density at radius 2 is 2.25 bits per heavy atom. The lowest BCUT2D eigenvalue weighted by Crippen LogP contribution is -2.43. The molecule has 5 nitrogen and oxygen atoms in total. The van der Waals surface area contributed by atoms with E-state index in [2.05, 4.69) is 5.32 Å². The first-order valence-electron chi connectivity index (χ1n) is 7.03. The normalized spacial score (nSPS) is 18.8. The molecule has 1 unspecified atom stereocenters. The maximum atomic E-state index is 13.5. The van der Waals surface area contributed by atoms with Crippen molar-refractivity contribution in [3.63, 3.8) is 0 Å². The van der Waals surface area contributed by atoms with Crippen LogP contribution in [0.2, 0.25) is 0 Å². The van der Waals surface area contributed by atoms with Crippen molar-refractivity contribution in [2.45, 2.75) is 32.2 Å². The molecule has 110 valence electrons. The van der Waals surface area contributed by atoms with E-state index in [1.54, 1.807) is 0 Å². The van der Waals surface area contributed by atoms with Crippen LogP contribution in [0.15, 0.2) is 18.2 Å². The van der Waals surface area contributed by atoms with Gasteiger partial charge in [-0.2, -0.15) is 0 Å². The molecule has 1 aliphatic heterocycles. The maximum absolute atomic E-state index is 13.5. The van der Waals surface area contributed by atoms with Crippen LogP contribution in [0, 0.1) is 15.9 Å². The molecule has 0 radical (unpaired) electrons. The van der Waals surface area contributed by atoms with Crippen LogP contribution in [0.5, 0.6) is 0 Å². The molecule has 20 heavy (non-hydrogen) atoms. The summed E-state index contributed by atoms with van der Waals surface area (Å²) >= 11 is 0. The average Bonchev–Trinajstić information content (AvgIpc) is 2.45.